The number of carbonyl (C=O) groups excluding carboxylic acids is 2. The summed E-state index contributed by atoms with van der Waals surface area (Å²) in [6.45, 7) is 8.17. The molecule has 0 aromatic heterocycles. The first-order valence-electron chi connectivity index (χ1n) is 7.28. The van der Waals surface area contributed by atoms with E-state index >= 15 is 0 Å². The molecule has 0 aliphatic heterocycles. The van der Waals surface area contributed by atoms with Crippen molar-refractivity contribution < 1.29 is 14.3 Å². The van der Waals surface area contributed by atoms with Crippen molar-refractivity contribution in [2.45, 2.75) is 40.5 Å². The van der Waals surface area contributed by atoms with Crippen LogP contribution in [0.5, 0.6) is 5.75 Å². The third kappa shape index (κ3) is 5.63. The van der Waals surface area contributed by atoms with Gasteiger partial charge in [-0.25, -0.2) is 10.2 Å². The van der Waals surface area contributed by atoms with Gasteiger partial charge in [-0.1, -0.05) is 26.0 Å². The third-order valence-corrected chi connectivity index (χ3v) is 3.46. The van der Waals surface area contributed by atoms with Crippen molar-refractivity contribution in [3.8, 4) is 5.75 Å². The molecule has 0 radical (unpaired) electrons. The maximum atomic E-state index is 11.9. The normalized spacial score (nSPS) is 10.9. The minimum atomic E-state index is -0.789. The fraction of sp³-hybridized carbons (Fsp3) is 0.500. The monoisotopic (exact) mass is 307 g/mol. The van der Waals surface area contributed by atoms with E-state index in [0.29, 0.717) is 13.0 Å². The topological polar surface area (TPSA) is 93.4 Å². The van der Waals surface area contributed by atoms with Crippen molar-refractivity contribution in [2.75, 3.05) is 6.61 Å². The zero-order chi connectivity index (χ0) is 16.8. The Bertz CT molecular complexity index is 541. The molecular formula is C16H25N3O3. The van der Waals surface area contributed by atoms with Gasteiger partial charge in [0.15, 0.2) is 0 Å². The van der Waals surface area contributed by atoms with Gasteiger partial charge in [0.2, 0.25) is 5.91 Å². The summed E-state index contributed by atoms with van der Waals surface area (Å²) < 4.78 is 5.77. The Morgan fingerprint density at radius 3 is 2.55 bits per heavy atom. The number of hydrazine groups is 1. The molecular weight excluding hydrogens is 282 g/mol. The van der Waals surface area contributed by atoms with Crippen molar-refractivity contribution in [3.05, 3.63) is 29.3 Å². The highest BCUT2D eigenvalue weighted by atomic mass is 16.5. The summed E-state index contributed by atoms with van der Waals surface area (Å²) in [5.41, 5.74) is 10.9. The van der Waals surface area contributed by atoms with Crippen LogP contribution in [0.2, 0.25) is 0 Å². The number of urea groups is 1. The van der Waals surface area contributed by atoms with Crippen molar-refractivity contribution >= 4 is 11.9 Å². The van der Waals surface area contributed by atoms with E-state index < -0.39 is 11.4 Å². The fourth-order valence-electron chi connectivity index (χ4n) is 1.96. The largest absolute Gasteiger partial charge is 0.493 e. The molecule has 0 atom stereocenters. The van der Waals surface area contributed by atoms with Crippen molar-refractivity contribution in [3.63, 3.8) is 0 Å². The molecule has 1 rings (SSSR count). The van der Waals surface area contributed by atoms with Gasteiger partial charge in [-0.3, -0.25) is 10.2 Å². The first kappa shape index (κ1) is 17.8. The molecule has 122 valence electrons. The van der Waals surface area contributed by atoms with Crippen LogP contribution in [-0.4, -0.2) is 18.5 Å². The lowest BCUT2D eigenvalue weighted by Crippen LogP contribution is -2.49. The Morgan fingerprint density at radius 2 is 1.91 bits per heavy atom. The van der Waals surface area contributed by atoms with E-state index in [1.165, 1.54) is 0 Å². The van der Waals surface area contributed by atoms with Crippen molar-refractivity contribution in [1.29, 1.82) is 0 Å². The van der Waals surface area contributed by atoms with Crippen LogP contribution in [0.1, 0.15) is 37.8 Å². The Hall–Kier alpha value is -2.24. The number of primary amides is 1. The minimum absolute atomic E-state index is 0.280. The average Bonchev–Trinajstić information content (AvgIpc) is 2.44. The molecule has 0 saturated carbocycles. The van der Waals surface area contributed by atoms with Gasteiger partial charge in [0.25, 0.3) is 0 Å². The third-order valence-electron chi connectivity index (χ3n) is 3.46. The highest BCUT2D eigenvalue weighted by Gasteiger charge is 2.27. The summed E-state index contributed by atoms with van der Waals surface area (Å²) in [5.74, 6) is 0.593. The van der Waals surface area contributed by atoms with Gasteiger partial charge in [-0.05, 0) is 43.9 Å². The Labute approximate surface area is 131 Å². The number of rotatable bonds is 6. The molecule has 0 bridgehead atoms. The fourth-order valence-corrected chi connectivity index (χ4v) is 1.96. The highest BCUT2D eigenvalue weighted by molar-refractivity contribution is 5.84. The van der Waals surface area contributed by atoms with Gasteiger partial charge >= 0.3 is 6.03 Å². The second-order valence-electron chi connectivity index (χ2n) is 6.05. The Balaban J connectivity index is 2.40. The van der Waals surface area contributed by atoms with E-state index in [9.17, 15) is 9.59 Å². The van der Waals surface area contributed by atoms with E-state index in [1.54, 1.807) is 0 Å². The maximum Gasteiger partial charge on any atom is 0.330 e. The zero-order valence-corrected chi connectivity index (χ0v) is 13.7. The van der Waals surface area contributed by atoms with Crippen LogP contribution in [-0.2, 0) is 4.79 Å². The second kappa shape index (κ2) is 7.68. The standard InChI is InChI=1S/C16H25N3O3/c1-11-6-7-12(2)13(10-11)22-9-5-8-16(3,4)14(20)18-19-15(17)21/h6-7,10H,5,8-9H2,1-4H3,(H,18,20)(H3,17,19,21). The molecule has 6 heteroatoms. The summed E-state index contributed by atoms with van der Waals surface area (Å²) in [4.78, 5) is 22.5. The number of nitrogens with one attached hydrogen (secondary N) is 2. The molecule has 0 spiro atoms. The number of aryl methyl sites for hydroxylation is 2. The number of benzene rings is 1. The Kier molecular flexibility index (Phi) is 6.22. The SMILES string of the molecule is Cc1ccc(C)c(OCCCC(C)(C)C(=O)NNC(N)=O)c1. The Morgan fingerprint density at radius 1 is 1.23 bits per heavy atom. The highest BCUT2D eigenvalue weighted by Crippen LogP contribution is 2.24. The first-order chi connectivity index (χ1) is 10.2. The van der Waals surface area contributed by atoms with Crippen LogP contribution in [0, 0.1) is 19.3 Å². The zero-order valence-electron chi connectivity index (χ0n) is 13.7. The van der Waals surface area contributed by atoms with E-state index in [4.69, 9.17) is 10.5 Å². The van der Waals surface area contributed by atoms with E-state index in [2.05, 4.69) is 10.9 Å². The van der Waals surface area contributed by atoms with Gasteiger partial charge < -0.3 is 10.5 Å². The minimum Gasteiger partial charge on any atom is -0.493 e. The molecule has 0 unspecified atom stereocenters. The molecule has 4 N–H and O–H groups in total. The quantitative estimate of drug-likeness (QED) is 0.555. The molecule has 0 fully saturated rings. The van der Waals surface area contributed by atoms with Crippen molar-refractivity contribution in [1.82, 2.24) is 10.9 Å². The number of hydrogen-bond donors (Lipinski definition) is 3. The number of carbonyl (C=O) groups is 2. The summed E-state index contributed by atoms with van der Waals surface area (Å²) in [7, 11) is 0. The average molecular weight is 307 g/mol. The van der Waals surface area contributed by atoms with Crippen LogP contribution in [0.25, 0.3) is 0 Å². The predicted molar refractivity (Wildman–Crippen MR) is 85.3 cm³/mol. The van der Waals surface area contributed by atoms with Crippen LogP contribution in [0.3, 0.4) is 0 Å². The molecule has 0 aliphatic carbocycles. The molecule has 22 heavy (non-hydrogen) atoms. The van der Waals surface area contributed by atoms with Gasteiger partial charge in [0, 0.05) is 5.41 Å². The molecule has 3 amide bonds. The van der Waals surface area contributed by atoms with Gasteiger partial charge in [-0.2, -0.15) is 0 Å². The van der Waals surface area contributed by atoms with Crippen LogP contribution in [0.15, 0.2) is 18.2 Å². The summed E-state index contributed by atoms with van der Waals surface area (Å²) in [6.07, 6.45) is 1.36. The second-order valence-corrected chi connectivity index (χ2v) is 6.05. The van der Waals surface area contributed by atoms with Gasteiger partial charge in [-0.15, -0.1) is 0 Å². The smallest absolute Gasteiger partial charge is 0.330 e. The molecule has 6 nitrogen and oxygen atoms in total. The molecule has 0 aliphatic rings. The van der Waals surface area contributed by atoms with Gasteiger partial charge in [0.05, 0.1) is 6.61 Å². The van der Waals surface area contributed by atoms with Crippen LogP contribution < -0.4 is 21.3 Å². The predicted octanol–water partition coefficient (Wildman–Crippen LogP) is 2.19. The lowest BCUT2D eigenvalue weighted by atomic mass is 9.87. The summed E-state index contributed by atoms with van der Waals surface area (Å²) in [6, 6.07) is 5.28. The number of ether oxygens (including phenoxy) is 1. The van der Waals surface area contributed by atoms with E-state index in [-0.39, 0.29) is 5.91 Å². The van der Waals surface area contributed by atoms with Crippen LogP contribution in [0.4, 0.5) is 4.79 Å². The molecule has 1 aromatic carbocycles. The molecule has 0 saturated heterocycles. The summed E-state index contributed by atoms with van der Waals surface area (Å²) in [5, 5.41) is 0. The lowest BCUT2D eigenvalue weighted by molar-refractivity contribution is -0.130. The van der Waals surface area contributed by atoms with E-state index in [1.807, 2.05) is 45.9 Å². The maximum absolute atomic E-state index is 11.9. The number of nitrogens with two attached hydrogens (primary N) is 1. The molecule has 1 aromatic rings. The first-order valence-corrected chi connectivity index (χ1v) is 7.28. The van der Waals surface area contributed by atoms with Gasteiger partial charge in [0.1, 0.15) is 5.75 Å². The van der Waals surface area contributed by atoms with Crippen molar-refractivity contribution in [2.24, 2.45) is 11.1 Å². The lowest BCUT2D eigenvalue weighted by Gasteiger charge is -2.23. The molecule has 0 heterocycles. The van der Waals surface area contributed by atoms with Crippen LogP contribution >= 0.6 is 0 Å². The summed E-state index contributed by atoms with van der Waals surface area (Å²) >= 11 is 0. The van der Waals surface area contributed by atoms with E-state index in [0.717, 1.165) is 23.3 Å². The number of hydrogen-bond acceptors (Lipinski definition) is 3. The number of amides is 3.